The van der Waals surface area contributed by atoms with Crippen LogP contribution in [-0.4, -0.2) is 34.8 Å². The molecule has 1 N–H and O–H groups in total. The minimum atomic E-state index is -0.0423. The summed E-state index contributed by atoms with van der Waals surface area (Å²) in [6, 6.07) is 9.70. The van der Waals surface area contributed by atoms with Crippen molar-refractivity contribution in [1.29, 1.82) is 0 Å². The van der Waals surface area contributed by atoms with Crippen molar-refractivity contribution in [2.75, 3.05) is 18.4 Å². The molecular weight excluding hydrogens is 290 g/mol. The van der Waals surface area contributed by atoms with Gasteiger partial charge in [0.05, 0.1) is 11.2 Å². The Morgan fingerprint density at radius 2 is 1.91 bits per heavy atom. The van der Waals surface area contributed by atoms with Gasteiger partial charge in [-0.05, 0) is 44.0 Å². The highest BCUT2D eigenvalue weighted by Gasteiger charge is 2.26. The number of hydrogen-bond donors (Lipinski definition) is 1. The SMILES string of the molecule is CC(=O)N1CCC(C(=O)Nc2cccc3nc(C)ccc23)CC1. The van der Waals surface area contributed by atoms with Crippen molar-refractivity contribution in [2.24, 2.45) is 5.92 Å². The van der Waals surface area contributed by atoms with Gasteiger partial charge in [0.15, 0.2) is 0 Å². The second kappa shape index (κ2) is 6.36. The standard InChI is InChI=1S/C18H21N3O2/c1-12-6-7-15-16(19-12)4-3-5-17(15)20-18(23)14-8-10-21(11-9-14)13(2)22/h3-7,14H,8-11H2,1-2H3,(H,20,23). The Bertz CT molecular complexity index is 749. The number of likely N-dealkylation sites (tertiary alicyclic amines) is 1. The molecule has 3 rings (SSSR count). The Kier molecular flexibility index (Phi) is 4.28. The van der Waals surface area contributed by atoms with Crippen LogP contribution in [0.3, 0.4) is 0 Å². The number of aryl methyl sites for hydroxylation is 1. The third kappa shape index (κ3) is 3.33. The van der Waals surface area contributed by atoms with Crippen LogP contribution in [0.15, 0.2) is 30.3 Å². The number of anilines is 1. The van der Waals surface area contributed by atoms with Gasteiger partial charge in [0, 0.05) is 37.0 Å². The molecule has 0 bridgehead atoms. The molecule has 0 radical (unpaired) electrons. The number of fused-ring (bicyclic) bond motifs is 1. The quantitative estimate of drug-likeness (QED) is 0.927. The molecule has 0 atom stereocenters. The van der Waals surface area contributed by atoms with Crippen molar-refractivity contribution < 1.29 is 9.59 Å². The van der Waals surface area contributed by atoms with Gasteiger partial charge >= 0.3 is 0 Å². The summed E-state index contributed by atoms with van der Waals surface area (Å²) in [7, 11) is 0. The lowest BCUT2D eigenvalue weighted by Gasteiger charge is -2.30. The smallest absolute Gasteiger partial charge is 0.227 e. The lowest BCUT2D eigenvalue weighted by Crippen LogP contribution is -2.40. The second-order valence-corrected chi connectivity index (χ2v) is 6.09. The van der Waals surface area contributed by atoms with E-state index in [0.717, 1.165) is 22.3 Å². The topological polar surface area (TPSA) is 62.3 Å². The number of hydrogen-bond acceptors (Lipinski definition) is 3. The van der Waals surface area contributed by atoms with E-state index in [4.69, 9.17) is 0 Å². The number of benzene rings is 1. The van der Waals surface area contributed by atoms with Gasteiger partial charge < -0.3 is 10.2 Å². The summed E-state index contributed by atoms with van der Waals surface area (Å²) in [5.74, 6) is 0.0693. The van der Waals surface area contributed by atoms with Crippen molar-refractivity contribution in [3.8, 4) is 0 Å². The third-order valence-electron chi connectivity index (χ3n) is 4.44. The molecule has 0 saturated carbocycles. The molecule has 2 aromatic rings. The number of nitrogens with one attached hydrogen (secondary N) is 1. The van der Waals surface area contributed by atoms with Crippen molar-refractivity contribution >= 4 is 28.4 Å². The van der Waals surface area contributed by atoms with E-state index < -0.39 is 0 Å². The molecule has 1 aliphatic heterocycles. The maximum Gasteiger partial charge on any atom is 0.227 e. The molecule has 2 amide bonds. The average molecular weight is 311 g/mol. The predicted molar refractivity (Wildman–Crippen MR) is 90.1 cm³/mol. The molecule has 23 heavy (non-hydrogen) atoms. The van der Waals surface area contributed by atoms with Crippen molar-refractivity contribution in [3.63, 3.8) is 0 Å². The molecule has 0 spiro atoms. The first-order valence-electron chi connectivity index (χ1n) is 7.97. The van der Waals surface area contributed by atoms with Crippen LogP contribution in [0.1, 0.15) is 25.5 Å². The molecule has 0 aliphatic carbocycles. The van der Waals surface area contributed by atoms with Crippen LogP contribution in [0.25, 0.3) is 10.9 Å². The van der Waals surface area contributed by atoms with Crippen molar-refractivity contribution in [2.45, 2.75) is 26.7 Å². The fraction of sp³-hybridized carbons (Fsp3) is 0.389. The van der Waals surface area contributed by atoms with Crippen molar-refractivity contribution in [1.82, 2.24) is 9.88 Å². The maximum absolute atomic E-state index is 12.5. The Morgan fingerprint density at radius 3 is 2.61 bits per heavy atom. The van der Waals surface area contributed by atoms with E-state index in [1.807, 2.05) is 37.3 Å². The number of rotatable bonds is 2. The van der Waals surface area contributed by atoms with Crippen LogP contribution in [0.5, 0.6) is 0 Å². The van der Waals surface area contributed by atoms with Crippen LogP contribution in [0.2, 0.25) is 0 Å². The first-order chi connectivity index (χ1) is 11.0. The predicted octanol–water partition coefficient (Wildman–Crippen LogP) is 2.74. The number of amides is 2. The number of aromatic nitrogens is 1. The number of carbonyl (C=O) groups excluding carboxylic acids is 2. The largest absolute Gasteiger partial charge is 0.343 e. The Balaban J connectivity index is 1.73. The third-order valence-corrected chi connectivity index (χ3v) is 4.44. The first kappa shape index (κ1) is 15.5. The number of piperidine rings is 1. The van der Waals surface area contributed by atoms with Gasteiger partial charge in [-0.25, -0.2) is 0 Å². The molecule has 1 aromatic carbocycles. The highest BCUT2D eigenvalue weighted by molar-refractivity contribution is 6.01. The summed E-state index contributed by atoms with van der Waals surface area (Å²) in [5.41, 5.74) is 2.64. The molecular formula is C18H21N3O2. The van der Waals surface area contributed by atoms with Gasteiger partial charge in [0.2, 0.25) is 11.8 Å². The molecule has 5 nitrogen and oxygen atoms in total. The highest BCUT2D eigenvalue weighted by atomic mass is 16.2. The van der Waals surface area contributed by atoms with E-state index in [2.05, 4.69) is 10.3 Å². The molecule has 1 saturated heterocycles. The molecule has 1 fully saturated rings. The van der Waals surface area contributed by atoms with Gasteiger partial charge in [0.25, 0.3) is 0 Å². The monoisotopic (exact) mass is 311 g/mol. The minimum absolute atomic E-state index is 0.0290. The molecule has 1 aromatic heterocycles. The number of carbonyl (C=O) groups is 2. The zero-order valence-corrected chi connectivity index (χ0v) is 13.5. The lowest BCUT2D eigenvalue weighted by atomic mass is 9.95. The summed E-state index contributed by atoms with van der Waals surface area (Å²) >= 11 is 0. The second-order valence-electron chi connectivity index (χ2n) is 6.09. The summed E-state index contributed by atoms with van der Waals surface area (Å²) in [6.07, 6.45) is 1.43. The van der Waals surface area contributed by atoms with Crippen LogP contribution in [-0.2, 0) is 9.59 Å². The van der Waals surface area contributed by atoms with Gasteiger partial charge in [-0.1, -0.05) is 6.07 Å². The van der Waals surface area contributed by atoms with Gasteiger partial charge in [0.1, 0.15) is 0 Å². The zero-order chi connectivity index (χ0) is 16.4. The van der Waals surface area contributed by atoms with Crippen LogP contribution in [0.4, 0.5) is 5.69 Å². The fourth-order valence-corrected chi connectivity index (χ4v) is 3.06. The normalized spacial score (nSPS) is 15.7. The van der Waals surface area contributed by atoms with Gasteiger partial charge in [-0.15, -0.1) is 0 Å². The van der Waals surface area contributed by atoms with Crippen LogP contribution >= 0.6 is 0 Å². The van der Waals surface area contributed by atoms with E-state index in [1.165, 1.54) is 0 Å². The van der Waals surface area contributed by atoms with Gasteiger partial charge in [-0.2, -0.15) is 0 Å². The maximum atomic E-state index is 12.5. The summed E-state index contributed by atoms with van der Waals surface area (Å²) in [4.78, 5) is 30.2. The Labute approximate surface area is 135 Å². The number of pyridine rings is 1. The van der Waals surface area contributed by atoms with E-state index in [-0.39, 0.29) is 17.7 Å². The molecule has 120 valence electrons. The summed E-state index contributed by atoms with van der Waals surface area (Å²) in [5, 5.41) is 3.99. The highest BCUT2D eigenvalue weighted by Crippen LogP contribution is 2.25. The average Bonchev–Trinajstić information content (AvgIpc) is 2.54. The molecule has 1 aliphatic rings. The lowest BCUT2D eigenvalue weighted by molar-refractivity contribution is -0.132. The van der Waals surface area contributed by atoms with E-state index in [1.54, 1.807) is 11.8 Å². The number of nitrogens with zero attached hydrogens (tertiary/aromatic N) is 2. The van der Waals surface area contributed by atoms with Gasteiger partial charge in [-0.3, -0.25) is 14.6 Å². The zero-order valence-electron chi connectivity index (χ0n) is 13.5. The Morgan fingerprint density at radius 1 is 1.17 bits per heavy atom. The molecule has 0 unspecified atom stereocenters. The molecule has 2 heterocycles. The van der Waals surface area contributed by atoms with E-state index in [9.17, 15) is 9.59 Å². The summed E-state index contributed by atoms with van der Waals surface area (Å²) in [6.45, 7) is 4.84. The summed E-state index contributed by atoms with van der Waals surface area (Å²) < 4.78 is 0. The first-order valence-corrected chi connectivity index (χ1v) is 7.97. The fourth-order valence-electron chi connectivity index (χ4n) is 3.06. The van der Waals surface area contributed by atoms with Crippen molar-refractivity contribution in [3.05, 3.63) is 36.0 Å². The minimum Gasteiger partial charge on any atom is -0.343 e. The molecule has 5 heteroatoms. The Hall–Kier alpha value is -2.43. The van der Waals surface area contributed by atoms with E-state index in [0.29, 0.717) is 25.9 Å². The van der Waals surface area contributed by atoms with Crippen LogP contribution < -0.4 is 5.32 Å². The van der Waals surface area contributed by atoms with E-state index >= 15 is 0 Å². The van der Waals surface area contributed by atoms with Crippen LogP contribution in [0, 0.1) is 12.8 Å².